The van der Waals surface area contributed by atoms with E-state index in [0.29, 0.717) is 11.1 Å². The lowest BCUT2D eigenvalue weighted by Crippen LogP contribution is -2.33. The highest BCUT2D eigenvalue weighted by Crippen LogP contribution is 2.13. The third kappa shape index (κ3) is 2.99. The number of fused-ring (bicyclic) bond motifs is 1. The number of aryl methyl sites for hydroxylation is 1. The van der Waals surface area contributed by atoms with Gasteiger partial charge in [-0.2, -0.15) is 5.10 Å². The van der Waals surface area contributed by atoms with Gasteiger partial charge in [0, 0.05) is 11.1 Å². The van der Waals surface area contributed by atoms with Gasteiger partial charge in [0.25, 0.3) is 5.56 Å². The molecule has 2 aromatic carbocycles. The van der Waals surface area contributed by atoms with Crippen molar-refractivity contribution in [2.75, 3.05) is 5.32 Å². The van der Waals surface area contributed by atoms with Crippen LogP contribution in [-0.2, 0) is 4.79 Å². The maximum absolute atomic E-state index is 12.5. The fourth-order valence-corrected chi connectivity index (χ4v) is 2.38. The van der Waals surface area contributed by atoms with Gasteiger partial charge in [-0.15, -0.1) is 0 Å². The molecule has 0 aliphatic heterocycles. The number of carbonyl (C=O) groups excluding carboxylic acids is 1. The number of hydrogen-bond donors (Lipinski definition) is 1. The molecular weight excluding hydrogens is 290 g/mol. The van der Waals surface area contributed by atoms with E-state index in [0.717, 1.165) is 10.9 Å². The van der Waals surface area contributed by atoms with E-state index < -0.39 is 6.04 Å². The van der Waals surface area contributed by atoms with Gasteiger partial charge in [0.05, 0.1) is 11.6 Å². The Morgan fingerprint density at radius 2 is 1.83 bits per heavy atom. The molecule has 116 valence electrons. The van der Waals surface area contributed by atoms with E-state index in [2.05, 4.69) is 10.4 Å². The first-order chi connectivity index (χ1) is 11.1. The molecule has 0 fully saturated rings. The number of hydrogen-bond acceptors (Lipinski definition) is 3. The van der Waals surface area contributed by atoms with E-state index in [9.17, 15) is 9.59 Å². The quantitative estimate of drug-likeness (QED) is 0.809. The molecule has 1 atom stereocenters. The molecule has 5 heteroatoms. The second kappa shape index (κ2) is 6.04. The van der Waals surface area contributed by atoms with E-state index in [1.54, 1.807) is 25.3 Å². The highest BCUT2D eigenvalue weighted by molar-refractivity contribution is 5.93. The summed E-state index contributed by atoms with van der Waals surface area (Å²) in [5.74, 6) is -0.279. The molecule has 0 unspecified atom stereocenters. The highest BCUT2D eigenvalue weighted by atomic mass is 16.2. The van der Waals surface area contributed by atoms with Crippen LogP contribution in [0.5, 0.6) is 0 Å². The zero-order valence-corrected chi connectivity index (χ0v) is 13.0. The van der Waals surface area contributed by atoms with Gasteiger partial charge in [-0.3, -0.25) is 9.59 Å². The lowest BCUT2D eigenvalue weighted by Gasteiger charge is -2.14. The molecule has 1 N–H and O–H groups in total. The summed E-state index contributed by atoms with van der Waals surface area (Å²) >= 11 is 0. The number of nitrogens with one attached hydrogen (secondary N) is 1. The molecule has 3 aromatic rings. The number of carbonyl (C=O) groups is 1. The second-order valence-electron chi connectivity index (χ2n) is 5.51. The molecule has 1 heterocycles. The number of nitrogens with zero attached hydrogens (tertiary/aromatic N) is 2. The minimum Gasteiger partial charge on any atom is -0.324 e. The van der Waals surface area contributed by atoms with Gasteiger partial charge in [-0.25, -0.2) is 4.68 Å². The van der Waals surface area contributed by atoms with Crippen molar-refractivity contribution in [2.45, 2.75) is 19.9 Å². The Labute approximate surface area is 133 Å². The van der Waals surface area contributed by atoms with Gasteiger partial charge >= 0.3 is 0 Å². The molecule has 23 heavy (non-hydrogen) atoms. The second-order valence-corrected chi connectivity index (χ2v) is 5.51. The Hall–Kier alpha value is -2.95. The summed E-state index contributed by atoms with van der Waals surface area (Å²) in [6.07, 6.45) is 1.60. The van der Waals surface area contributed by atoms with Crippen molar-refractivity contribution in [3.8, 4) is 0 Å². The fourth-order valence-electron chi connectivity index (χ4n) is 2.38. The fraction of sp³-hybridized carbons (Fsp3) is 0.167. The van der Waals surface area contributed by atoms with E-state index in [1.807, 2.05) is 43.3 Å². The summed E-state index contributed by atoms with van der Waals surface area (Å²) in [5, 5.41) is 8.25. The normalized spacial score (nSPS) is 12.1. The Balaban J connectivity index is 1.89. The Morgan fingerprint density at radius 3 is 2.57 bits per heavy atom. The van der Waals surface area contributed by atoms with Crippen LogP contribution >= 0.6 is 0 Å². The largest absolute Gasteiger partial charge is 0.324 e. The maximum atomic E-state index is 12.5. The average Bonchev–Trinajstić information content (AvgIpc) is 2.57. The van der Waals surface area contributed by atoms with Crippen LogP contribution in [0.2, 0.25) is 0 Å². The lowest BCUT2D eigenvalue weighted by molar-refractivity contribution is -0.119. The van der Waals surface area contributed by atoms with Crippen LogP contribution in [-0.4, -0.2) is 15.7 Å². The van der Waals surface area contributed by atoms with Crippen LogP contribution < -0.4 is 10.9 Å². The molecule has 0 aliphatic rings. The molecule has 0 bridgehead atoms. The average molecular weight is 307 g/mol. The third-order valence-corrected chi connectivity index (χ3v) is 3.79. The maximum Gasteiger partial charge on any atom is 0.275 e. The summed E-state index contributed by atoms with van der Waals surface area (Å²) < 4.78 is 1.21. The monoisotopic (exact) mass is 307 g/mol. The topological polar surface area (TPSA) is 64.0 Å². The van der Waals surface area contributed by atoms with Crippen molar-refractivity contribution in [3.05, 3.63) is 70.6 Å². The van der Waals surface area contributed by atoms with Crippen molar-refractivity contribution < 1.29 is 4.79 Å². The van der Waals surface area contributed by atoms with E-state index in [1.165, 1.54) is 4.68 Å². The molecule has 3 rings (SSSR count). The van der Waals surface area contributed by atoms with Crippen LogP contribution in [0.1, 0.15) is 18.5 Å². The van der Waals surface area contributed by atoms with Crippen molar-refractivity contribution in [1.29, 1.82) is 0 Å². The van der Waals surface area contributed by atoms with Crippen molar-refractivity contribution in [3.63, 3.8) is 0 Å². The third-order valence-electron chi connectivity index (χ3n) is 3.79. The van der Waals surface area contributed by atoms with Crippen LogP contribution in [0.3, 0.4) is 0 Å². The Kier molecular flexibility index (Phi) is 3.93. The molecule has 1 aromatic heterocycles. The van der Waals surface area contributed by atoms with Crippen molar-refractivity contribution >= 4 is 22.4 Å². The number of benzene rings is 2. The molecular formula is C18H17N3O2. The first kappa shape index (κ1) is 15.0. The lowest BCUT2D eigenvalue weighted by atomic mass is 10.2. The van der Waals surface area contributed by atoms with E-state index in [4.69, 9.17) is 0 Å². The standard InChI is InChI=1S/C18H17N3O2/c1-12-7-9-15(10-8-12)20-17(22)13(2)21-18(23)16-6-4-3-5-14(16)11-19-21/h3-11,13H,1-2H3,(H,20,22)/t13-/m1/s1. The molecule has 0 saturated carbocycles. The van der Waals surface area contributed by atoms with Crippen molar-refractivity contribution in [1.82, 2.24) is 9.78 Å². The Morgan fingerprint density at radius 1 is 1.13 bits per heavy atom. The van der Waals surface area contributed by atoms with Gasteiger partial charge in [0.15, 0.2) is 0 Å². The molecule has 0 radical (unpaired) electrons. The summed E-state index contributed by atoms with van der Waals surface area (Å²) in [4.78, 5) is 24.9. The summed E-state index contributed by atoms with van der Waals surface area (Å²) in [5.41, 5.74) is 1.54. The van der Waals surface area contributed by atoms with Crippen molar-refractivity contribution in [2.24, 2.45) is 0 Å². The highest BCUT2D eigenvalue weighted by Gasteiger charge is 2.18. The van der Waals surface area contributed by atoms with Crippen LogP contribution in [0.25, 0.3) is 10.8 Å². The molecule has 5 nitrogen and oxygen atoms in total. The van der Waals surface area contributed by atoms with E-state index >= 15 is 0 Å². The number of rotatable bonds is 3. The summed E-state index contributed by atoms with van der Waals surface area (Å²) in [7, 11) is 0. The van der Waals surface area contributed by atoms with Gasteiger partial charge in [0.1, 0.15) is 6.04 Å². The zero-order chi connectivity index (χ0) is 16.4. The number of anilines is 1. The van der Waals surface area contributed by atoms with Crippen LogP contribution in [0, 0.1) is 6.92 Å². The first-order valence-electron chi connectivity index (χ1n) is 7.40. The number of amides is 1. The van der Waals surface area contributed by atoms with Gasteiger partial charge < -0.3 is 5.32 Å². The molecule has 0 saturated heterocycles. The Bertz CT molecular complexity index is 913. The smallest absolute Gasteiger partial charge is 0.275 e. The predicted molar refractivity (Wildman–Crippen MR) is 90.5 cm³/mol. The van der Waals surface area contributed by atoms with Crippen LogP contribution in [0.4, 0.5) is 5.69 Å². The van der Waals surface area contributed by atoms with Gasteiger partial charge in [-0.05, 0) is 32.0 Å². The first-order valence-corrected chi connectivity index (χ1v) is 7.40. The van der Waals surface area contributed by atoms with Gasteiger partial charge in [-0.1, -0.05) is 35.9 Å². The zero-order valence-electron chi connectivity index (χ0n) is 13.0. The van der Waals surface area contributed by atoms with Crippen LogP contribution in [0.15, 0.2) is 59.5 Å². The molecule has 0 spiro atoms. The minimum atomic E-state index is -0.701. The molecule has 0 aliphatic carbocycles. The summed E-state index contributed by atoms with van der Waals surface area (Å²) in [6.45, 7) is 3.64. The predicted octanol–water partition coefficient (Wildman–Crippen LogP) is 2.90. The van der Waals surface area contributed by atoms with E-state index in [-0.39, 0.29) is 11.5 Å². The summed E-state index contributed by atoms with van der Waals surface area (Å²) in [6, 6.07) is 14.0. The minimum absolute atomic E-state index is 0.269. The van der Waals surface area contributed by atoms with Gasteiger partial charge in [0.2, 0.25) is 5.91 Å². The number of aromatic nitrogens is 2. The molecule has 1 amide bonds. The SMILES string of the molecule is Cc1ccc(NC(=O)[C@@H](C)n2ncc3ccccc3c2=O)cc1.